The van der Waals surface area contributed by atoms with Crippen LogP contribution in [0, 0.1) is 19.8 Å². The second-order valence-corrected chi connectivity index (χ2v) is 8.76. The van der Waals surface area contributed by atoms with Gasteiger partial charge < -0.3 is 9.80 Å². The first kappa shape index (κ1) is 21.4. The summed E-state index contributed by atoms with van der Waals surface area (Å²) in [7, 11) is 0. The highest BCUT2D eigenvalue weighted by molar-refractivity contribution is 7.99. The van der Waals surface area contributed by atoms with Crippen molar-refractivity contribution in [1.82, 2.24) is 24.6 Å². The van der Waals surface area contributed by atoms with Gasteiger partial charge in [0.2, 0.25) is 11.8 Å². The van der Waals surface area contributed by atoms with E-state index in [1.807, 2.05) is 73.3 Å². The predicted octanol–water partition coefficient (Wildman–Crippen LogP) is 2.69. The number of carbonyl (C=O) groups is 2. The number of nitrogens with zero attached hydrogens (tertiary/aromatic N) is 5. The first-order valence-electron chi connectivity index (χ1n) is 9.98. The fourth-order valence-corrected chi connectivity index (χ4v) is 4.48. The molecule has 1 aromatic heterocycles. The molecule has 0 radical (unpaired) electrons. The molecule has 0 saturated carbocycles. The lowest BCUT2D eigenvalue weighted by Gasteiger charge is -2.40. The minimum Gasteiger partial charge on any atom is -0.338 e. The maximum atomic E-state index is 12.8. The summed E-state index contributed by atoms with van der Waals surface area (Å²) in [4.78, 5) is 28.8. The first-order valence-corrected chi connectivity index (χ1v) is 11.0. The third kappa shape index (κ3) is 4.63. The summed E-state index contributed by atoms with van der Waals surface area (Å²) in [6.07, 6.45) is 0. The van der Waals surface area contributed by atoms with Crippen LogP contribution < -0.4 is 0 Å². The van der Waals surface area contributed by atoms with Crippen LogP contribution >= 0.6 is 11.8 Å². The van der Waals surface area contributed by atoms with E-state index in [9.17, 15) is 9.59 Å². The van der Waals surface area contributed by atoms with Crippen LogP contribution in [0.3, 0.4) is 0 Å². The number of hydrogen-bond donors (Lipinski definition) is 0. The summed E-state index contributed by atoms with van der Waals surface area (Å²) in [5.74, 6) is 1.29. The molecular weight excluding hydrogens is 386 g/mol. The van der Waals surface area contributed by atoms with Crippen molar-refractivity contribution >= 4 is 23.6 Å². The van der Waals surface area contributed by atoms with Gasteiger partial charge in [-0.25, -0.2) is 0 Å². The second-order valence-electron chi connectivity index (χ2n) is 7.82. The van der Waals surface area contributed by atoms with Crippen LogP contribution in [0.5, 0.6) is 0 Å². The van der Waals surface area contributed by atoms with E-state index >= 15 is 0 Å². The summed E-state index contributed by atoms with van der Waals surface area (Å²) >= 11 is 1.40. The smallest absolute Gasteiger partial charge is 0.233 e. The largest absolute Gasteiger partial charge is 0.338 e. The fraction of sp³-hybridized carbons (Fsp3) is 0.524. The quantitative estimate of drug-likeness (QED) is 0.702. The van der Waals surface area contributed by atoms with E-state index < -0.39 is 0 Å². The highest BCUT2D eigenvalue weighted by Crippen LogP contribution is 2.24. The molecule has 1 aliphatic heterocycles. The van der Waals surface area contributed by atoms with Gasteiger partial charge in [-0.2, -0.15) is 0 Å². The standard InChI is InChI=1S/C21H29N5O2S/c1-14(2)20(28)25-11-10-24(12-16(25)4)19(27)13-29-21-23-22-17(5)26(21)18-9-7-6-8-15(18)3/h6-9,14,16H,10-13H2,1-5H3/t16-/m0/s1. The SMILES string of the molecule is Cc1ccccc1-n1c(C)nnc1SCC(=O)N1CCN(C(=O)C(C)C)[C@@H](C)C1. The van der Waals surface area contributed by atoms with Gasteiger partial charge >= 0.3 is 0 Å². The Morgan fingerprint density at radius 3 is 2.55 bits per heavy atom. The number of amides is 2. The van der Waals surface area contributed by atoms with E-state index in [1.54, 1.807) is 0 Å². The molecule has 1 saturated heterocycles. The van der Waals surface area contributed by atoms with Crippen molar-refractivity contribution < 1.29 is 9.59 Å². The number of para-hydroxylation sites is 1. The van der Waals surface area contributed by atoms with Gasteiger partial charge in [-0.1, -0.05) is 43.8 Å². The number of aryl methyl sites for hydroxylation is 2. The van der Waals surface area contributed by atoms with Crippen LogP contribution in [0.4, 0.5) is 0 Å². The van der Waals surface area contributed by atoms with Crippen LogP contribution in [0.15, 0.2) is 29.4 Å². The minimum absolute atomic E-state index is 0.0219. The van der Waals surface area contributed by atoms with E-state index in [4.69, 9.17) is 0 Å². The molecule has 2 amide bonds. The lowest BCUT2D eigenvalue weighted by atomic mass is 10.1. The van der Waals surface area contributed by atoms with Crippen LogP contribution in [-0.4, -0.2) is 67.8 Å². The highest BCUT2D eigenvalue weighted by atomic mass is 32.2. The van der Waals surface area contributed by atoms with E-state index in [1.165, 1.54) is 11.8 Å². The lowest BCUT2D eigenvalue weighted by Crippen LogP contribution is -2.56. The summed E-state index contributed by atoms with van der Waals surface area (Å²) in [5.41, 5.74) is 2.16. The molecule has 0 unspecified atom stereocenters. The summed E-state index contributed by atoms with van der Waals surface area (Å²) in [5, 5.41) is 9.19. The molecule has 2 aromatic rings. The van der Waals surface area contributed by atoms with Gasteiger partial charge in [-0.05, 0) is 32.4 Å². The third-order valence-electron chi connectivity index (χ3n) is 5.23. The molecule has 0 aliphatic carbocycles. The number of hydrogen-bond acceptors (Lipinski definition) is 5. The van der Waals surface area contributed by atoms with Gasteiger partial charge in [-0.15, -0.1) is 10.2 Å². The van der Waals surface area contributed by atoms with Gasteiger partial charge in [0, 0.05) is 31.6 Å². The van der Waals surface area contributed by atoms with Crippen molar-refractivity contribution in [2.45, 2.75) is 45.8 Å². The number of rotatable bonds is 5. The zero-order valence-electron chi connectivity index (χ0n) is 17.8. The number of aromatic nitrogens is 3. The Kier molecular flexibility index (Phi) is 6.62. The molecule has 0 bridgehead atoms. The van der Waals surface area contributed by atoms with Crippen LogP contribution in [0.25, 0.3) is 5.69 Å². The molecule has 156 valence electrons. The number of piperazine rings is 1. The molecule has 3 rings (SSSR count). The third-order valence-corrected chi connectivity index (χ3v) is 6.15. The van der Waals surface area contributed by atoms with Crippen molar-refractivity contribution in [3.63, 3.8) is 0 Å². The Balaban J connectivity index is 1.64. The maximum absolute atomic E-state index is 12.8. The molecule has 1 aromatic carbocycles. The molecule has 0 spiro atoms. The van der Waals surface area contributed by atoms with Gasteiger partial charge in [0.05, 0.1) is 11.4 Å². The van der Waals surface area contributed by atoms with Crippen LogP contribution in [0.1, 0.15) is 32.2 Å². The zero-order chi connectivity index (χ0) is 21.1. The van der Waals surface area contributed by atoms with Crippen LogP contribution in [0.2, 0.25) is 0 Å². The van der Waals surface area contributed by atoms with E-state index in [2.05, 4.69) is 10.2 Å². The number of benzene rings is 1. The average molecular weight is 416 g/mol. The molecule has 0 N–H and O–H groups in total. The molecule has 29 heavy (non-hydrogen) atoms. The van der Waals surface area contributed by atoms with Gasteiger partial charge in [-0.3, -0.25) is 14.2 Å². The Bertz CT molecular complexity index is 895. The second kappa shape index (κ2) is 8.98. The molecule has 7 nitrogen and oxygen atoms in total. The minimum atomic E-state index is -0.0219. The van der Waals surface area contributed by atoms with Crippen molar-refractivity contribution in [3.05, 3.63) is 35.7 Å². The zero-order valence-corrected chi connectivity index (χ0v) is 18.6. The maximum Gasteiger partial charge on any atom is 0.233 e. The van der Waals surface area contributed by atoms with E-state index in [0.717, 1.165) is 17.1 Å². The van der Waals surface area contributed by atoms with Crippen LogP contribution in [-0.2, 0) is 9.59 Å². The van der Waals surface area contributed by atoms with E-state index in [0.29, 0.717) is 30.5 Å². The van der Waals surface area contributed by atoms with Gasteiger partial charge in [0.1, 0.15) is 5.82 Å². The Hall–Kier alpha value is -2.35. The molecule has 2 heterocycles. The predicted molar refractivity (Wildman–Crippen MR) is 114 cm³/mol. The summed E-state index contributed by atoms with van der Waals surface area (Å²) < 4.78 is 2.00. The lowest BCUT2D eigenvalue weighted by molar-refractivity contribution is -0.143. The van der Waals surface area contributed by atoms with Crippen molar-refractivity contribution in [2.75, 3.05) is 25.4 Å². The molecule has 1 aliphatic rings. The van der Waals surface area contributed by atoms with E-state index in [-0.39, 0.29) is 23.8 Å². The van der Waals surface area contributed by atoms with Crippen molar-refractivity contribution in [1.29, 1.82) is 0 Å². The van der Waals surface area contributed by atoms with Gasteiger partial charge in [0.25, 0.3) is 0 Å². The topological polar surface area (TPSA) is 71.3 Å². The average Bonchev–Trinajstić information content (AvgIpc) is 3.06. The number of carbonyl (C=O) groups excluding carboxylic acids is 2. The number of thioether (sulfide) groups is 1. The fourth-order valence-electron chi connectivity index (χ4n) is 3.59. The molecule has 1 atom stereocenters. The normalized spacial score (nSPS) is 17.1. The molecule has 8 heteroatoms. The molecular formula is C21H29N5O2S. The van der Waals surface area contributed by atoms with Gasteiger partial charge in [0.15, 0.2) is 5.16 Å². The Morgan fingerprint density at radius 2 is 1.90 bits per heavy atom. The summed E-state index contributed by atoms with van der Waals surface area (Å²) in [6, 6.07) is 8.10. The first-order chi connectivity index (χ1) is 13.8. The highest BCUT2D eigenvalue weighted by Gasteiger charge is 2.30. The summed E-state index contributed by atoms with van der Waals surface area (Å²) in [6.45, 7) is 11.5. The van der Waals surface area contributed by atoms with Crippen molar-refractivity contribution in [2.24, 2.45) is 5.92 Å². The Morgan fingerprint density at radius 1 is 1.17 bits per heavy atom. The molecule has 1 fully saturated rings. The Labute approximate surface area is 176 Å². The van der Waals surface area contributed by atoms with Crippen molar-refractivity contribution in [3.8, 4) is 5.69 Å². The monoisotopic (exact) mass is 415 g/mol.